The number of pyridine rings is 1. The van der Waals surface area contributed by atoms with Crippen LogP contribution in [0, 0.1) is 11.3 Å². The zero-order chi connectivity index (χ0) is 11.0. The Hall–Kier alpha value is -2.19. The lowest BCUT2D eigenvalue weighted by Gasteiger charge is -1.96. The van der Waals surface area contributed by atoms with Crippen molar-refractivity contribution in [2.24, 2.45) is 0 Å². The minimum absolute atomic E-state index is 0.594. The molecule has 0 radical (unpaired) electrons. The van der Waals surface area contributed by atoms with Gasteiger partial charge in [0.25, 0.3) is 0 Å². The third-order valence-electron chi connectivity index (χ3n) is 2.32. The van der Waals surface area contributed by atoms with Crippen LogP contribution in [0.15, 0.2) is 35.2 Å². The van der Waals surface area contributed by atoms with Gasteiger partial charge in [0.1, 0.15) is 0 Å². The Balaban J connectivity index is 2.26. The zero-order valence-corrected chi connectivity index (χ0v) is 8.98. The number of fused-ring (bicyclic) bond motifs is 1. The topological polar surface area (TPSA) is 54.0 Å². The lowest BCUT2D eigenvalue weighted by Crippen LogP contribution is -1.88. The zero-order valence-electron chi connectivity index (χ0n) is 8.16. The molecule has 0 saturated carbocycles. The van der Waals surface area contributed by atoms with E-state index < -0.39 is 0 Å². The van der Waals surface area contributed by atoms with Gasteiger partial charge in [0, 0.05) is 23.2 Å². The van der Waals surface area contributed by atoms with Gasteiger partial charge in [0.15, 0.2) is 11.5 Å². The summed E-state index contributed by atoms with van der Waals surface area (Å²) in [6.45, 7) is 0. The Morgan fingerprint density at radius 2 is 2.25 bits per heavy atom. The summed E-state index contributed by atoms with van der Waals surface area (Å²) >= 11 is 1.62. The number of nitriles is 1. The highest BCUT2D eigenvalue weighted by Crippen LogP contribution is 2.21. The predicted octanol–water partition coefficient (Wildman–Crippen LogP) is 2.33. The Kier molecular flexibility index (Phi) is 1.95. The first-order chi connectivity index (χ1) is 7.88. The smallest absolute Gasteiger partial charge is 0.169 e. The molecule has 0 bridgehead atoms. The molecule has 4 nitrogen and oxygen atoms in total. The number of hydrogen-bond acceptors (Lipinski definition) is 4. The molecule has 0 unspecified atom stereocenters. The molecule has 0 atom stereocenters. The lowest BCUT2D eigenvalue weighted by atomic mass is 10.3. The van der Waals surface area contributed by atoms with Crippen molar-refractivity contribution in [2.45, 2.75) is 0 Å². The van der Waals surface area contributed by atoms with Crippen molar-refractivity contribution in [1.29, 1.82) is 5.26 Å². The number of aromatic nitrogens is 3. The minimum atomic E-state index is 0.594. The van der Waals surface area contributed by atoms with E-state index in [-0.39, 0.29) is 0 Å². The normalized spacial score (nSPS) is 10.4. The van der Waals surface area contributed by atoms with Crippen LogP contribution in [0.2, 0.25) is 0 Å². The summed E-state index contributed by atoms with van der Waals surface area (Å²) in [4.78, 5) is 0. The molecule has 0 saturated heterocycles. The van der Waals surface area contributed by atoms with Crippen molar-refractivity contribution in [2.75, 3.05) is 0 Å². The van der Waals surface area contributed by atoms with Gasteiger partial charge in [-0.15, -0.1) is 10.2 Å². The van der Waals surface area contributed by atoms with E-state index >= 15 is 0 Å². The van der Waals surface area contributed by atoms with Crippen molar-refractivity contribution in [1.82, 2.24) is 14.6 Å². The monoisotopic (exact) mass is 226 g/mol. The van der Waals surface area contributed by atoms with Gasteiger partial charge in [-0.05, 0) is 17.5 Å². The van der Waals surface area contributed by atoms with Crippen molar-refractivity contribution in [3.05, 3.63) is 40.7 Å². The number of nitrogens with zero attached hydrogens (tertiary/aromatic N) is 4. The molecule has 0 aliphatic rings. The number of hydrogen-bond donors (Lipinski definition) is 0. The highest BCUT2D eigenvalue weighted by molar-refractivity contribution is 7.08. The van der Waals surface area contributed by atoms with E-state index in [0.29, 0.717) is 11.2 Å². The van der Waals surface area contributed by atoms with Crippen LogP contribution < -0.4 is 0 Å². The highest BCUT2D eigenvalue weighted by atomic mass is 32.1. The molecular formula is C11H6N4S. The minimum Gasteiger partial charge on any atom is -0.282 e. The van der Waals surface area contributed by atoms with E-state index in [1.54, 1.807) is 23.5 Å². The maximum atomic E-state index is 8.78. The van der Waals surface area contributed by atoms with E-state index in [2.05, 4.69) is 16.3 Å². The molecule has 0 aromatic carbocycles. The van der Waals surface area contributed by atoms with Crippen molar-refractivity contribution >= 4 is 17.0 Å². The lowest BCUT2D eigenvalue weighted by molar-refractivity contribution is 1.11. The molecule has 0 amide bonds. The highest BCUT2D eigenvalue weighted by Gasteiger charge is 2.08. The van der Waals surface area contributed by atoms with E-state index in [4.69, 9.17) is 5.26 Å². The summed E-state index contributed by atoms with van der Waals surface area (Å²) in [5.41, 5.74) is 2.33. The Bertz CT molecular complexity index is 676. The summed E-state index contributed by atoms with van der Waals surface area (Å²) in [5.74, 6) is 0.806. The molecule has 0 aliphatic heterocycles. The van der Waals surface area contributed by atoms with Crippen LogP contribution in [-0.4, -0.2) is 14.6 Å². The van der Waals surface area contributed by atoms with Gasteiger partial charge in [-0.1, -0.05) is 0 Å². The quantitative estimate of drug-likeness (QED) is 0.640. The number of thiophene rings is 1. The maximum absolute atomic E-state index is 8.78. The summed E-state index contributed by atoms with van der Waals surface area (Å²) < 4.78 is 1.88. The van der Waals surface area contributed by atoms with Crippen molar-refractivity contribution in [3.8, 4) is 17.5 Å². The standard InChI is InChI=1S/C11H6N4S/c12-6-8-1-3-15-10(5-8)13-14-11(15)9-2-4-16-7-9/h1-5,7H. The molecule has 3 heterocycles. The van der Waals surface area contributed by atoms with Crippen LogP contribution >= 0.6 is 11.3 Å². The fourth-order valence-electron chi connectivity index (χ4n) is 1.55. The molecule has 0 aliphatic carbocycles. The van der Waals surface area contributed by atoms with Gasteiger partial charge in [-0.25, -0.2) is 0 Å². The first-order valence-electron chi connectivity index (χ1n) is 4.66. The maximum Gasteiger partial charge on any atom is 0.169 e. The summed E-state index contributed by atoms with van der Waals surface area (Å²) in [7, 11) is 0. The fraction of sp³-hybridized carbons (Fsp3) is 0. The van der Waals surface area contributed by atoms with Gasteiger partial charge < -0.3 is 0 Å². The number of rotatable bonds is 1. The van der Waals surface area contributed by atoms with E-state index in [9.17, 15) is 0 Å². The largest absolute Gasteiger partial charge is 0.282 e. The van der Waals surface area contributed by atoms with E-state index in [1.807, 2.05) is 27.4 Å². The molecule has 0 fully saturated rings. The molecule has 16 heavy (non-hydrogen) atoms. The fourth-order valence-corrected chi connectivity index (χ4v) is 2.18. The molecule has 3 aromatic rings. The van der Waals surface area contributed by atoms with Crippen LogP contribution in [0.25, 0.3) is 17.0 Å². The molecule has 3 rings (SSSR count). The van der Waals surface area contributed by atoms with E-state index in [0.717, 1.165) is 11.4 Å². The Morgan fingerprint density at radius 3 is 3.00 bits per heavy atom. The molecule has 3 aromatic heterocycles. The average Bonchev–Trinajstić information content (AvgIpc) is 2.96. The second-order valence-electron chi connectivity index (χ2n) is 3.29. The second kappa shape index (κ2) is 3.43. The Labute approximate surface area is 95.4 Å². The molecule has 0 N–H and O–H groups in total. The first-order valence-corrected chi connectivity index (χ1v) is 5.60. The molecule has 0 spiro atoms. The molecular weight excluding hydrogens is 220 g/mol. The first kappa shape index (κ1) is 9.07. The van der Waals surface area contributed by atoms with Gasteiger partial charge in [-0.3, -0.25) is 4.40 Å². The summed E-state index contributed by atoms with van der Waals surface area (Å²) in [5, 5.41) is 21.0. The van der Waals surface area contributed by atoms with Gasteiger partial charge in [0.2, 0.25) is 0 Å². The third-order valence-corrected chi connectivity index (χ3v) is 3.00. The van der Waals surface area contributed by atoms with Crippen molar-refractivity contribution < 1.29 is 0 Å². The SMILES string of the molecule is N#Cc1ccn2c(-c3ccsc3)nnc2c1. The third kappa shape index (κ3) is 1.28. The summed E-state index contributed by atoms with van der Waals surface area (Å²) in [6.07, 6.45) is 1.82. The van der Waals surface area contributed by atoms with Crippen LogP contribution in [0.3, 0.4) is 0 Å². The van der Waals surface area contributed by atoms with Gasteiger partial charge >= 0.3 is 0 Å². The second-order valence-corrected chi connectivity index (χ2v) is 4.07. The molecule has 76 valence electrons. The van der Waals surface area contributed by atoms with E-state index in [1.165, 1.54) is 0 Å². The predicted molar refractivity (Wildman–Crippen MR) is 61.0 cm³/mol. The van der Waals surface area contributed by atoms with Crippen LogP contribution in [-0.2, 0) is 0 Å². The average molecular weight is 226 g/mol. The van der Waals surface area contributed by atoms with Crippen LogP contribution in [0.5, 0.6) is 0 Å². The van der Waals surface area contributed by atoms with Gasteiger partial charge in [-0.2, -0.15) is 16.6 Å². The van der Waals surface area contributed by atoms with Gasteiger partial charge in [0.05, 0.1) is 11.6 Å². The van der Waals surface area contributed by atoms with Crippen molar-refractivity contribution in [3.63, 3.8) is 0 Å². The van der Waals surface area contributed by atoms with Crippen LogP contribution in [0.4, 0.5) is 0 Å². The molecule has 5 heteroatoms. The van der Waals surface area contributed by atoms with Crippen LogP contribution in [0.1, 0.15) is 5.56 Å². The summed E-state index contributed by atoms with van der Waals surface area (Å²) in [6, 6.07) is 7.56. The Morgan fingerprint density at radius 1 is 1.31 bits per heavy atom.